The molecule has 1 atom stereocenters. The fourth-order valence-corrected chi connectivity index (χ4v) is 3.28. The quantitative estimate of drug-likeness (QED) is 0.834. The van der Waals surface area contributed by atoms with Gasteiger partial charge >= 0.3 is 6.18 Å². The zero-order chi connectivity index (χ0) is 20.5. The third-order valence-corrected chi connectivity index (χ3v) is 4.82. The van der Waals surface area contributed by atoms with Gasteiger partial charge in [0.15, 0.2) is 0 Å². The molecular weight excluding hydrogens is 373 g/mol. The van der Waals surface area contributed by atoms with E-state index in [1.165, 1.54) is 6.92 Å². The molecule has 28 heavy (non-hydrogen) atoms. The number of aromatic hydroxyl groups is 1. The maximum Gasteiger partial charge on any atom is 0.416 e. The van der Waals surface area contributed by atoms with Crippen LogP contribution in [0.15, 0.2) is 24.3 Å². The van der Waals surface area contributed by atoms with Crippen molar-refractivity contribution in [3.63, 3.8) is 0 Å². The Morgan fingerprint density at radius 1 is 1.29 bits per heavy atom. The van der Waals surface area contributed by atoms with E-state index in [-0.39, 0.29) is 23.1 Å². The minimum atomic E-state index is -4.53. The van der Waals surface area contributed by atoms with Crippen LogP contribution >= 0.6 is 0 Å². The van der Waals surface area contributed by atoms with Crippen LogP contribution in [0.2, 0.25) is 0 Å². The van der Waals surface area contributed by atoms with Gasteiger partial charge in [-0.3, -0.25) is 4.79 Å². The van der Waals surface area contributed by atoms with Gasteiger partial charge in [0.25, 0.3) is 0 Å². The number of carbonyl (C=O) groups excluding carboxylic acids is 1. The molecule has 1 fully saturated rings. The highest BCUT2D eigenvalue weighted by Crippen LogP contribution is 2.38. The molecular formula is C19H21F3N4O2. The number of phenolic OH excluding ortho intramolecular Hbond substituents is 1. The molecule has 1 aromatic carbocycles. The smallest absolute Gasteiger partial charge is 0.416 e. The summed E-state index contributed by atoms with van der Waals surface area (Å²) >= 11 is 0. The highest BCUT2D eigenvalue weighted by atomic mass is 19.4. The van der Waals surface area contributed by atoms with Crippen LogP contribution in [-0.4, -0.2) is 45.7 Å². The standard InChI is InChI=1S/C19H21F3N4O2/c1-11-7-12(19(20,21)22)8-16(27)18(11)15-5-3-13(24-25-15)9-23-14-4-6-17(28)26(2)10-14/h3,5,7-8,14,23,27H,4,6,9-10H2,1-2H3/t14-/m0/s1. The van der Waals surface area contributed by atoms with Crippen molar-refractivity contribution >= 4 is 5.91 Å². The number of likely N-dealkylation sites (tertiary alicyclic amines) is 1. The normalized spacial score (nSPS) is 17.8. The highest BCUT2D eigenvalue weighted by molar-refractivity contribution is 5.76. The van der Waals surface area contributed by atoms with Crippen LogP contribution in [0.4, 0.5) is 13.2 Å². The van der Waals surface area contributed by atoms with E-state index in [1.807, 2.05) is 0 Å². The highest BCUT2D eigenvalue weighted by Gasteiger charge is 2.32. The van der Waals surface area contributed by atoms with E-state index in [0.29, 0.717) is 37.0 Å². The monoisotopic (exact) mass is 394 g/mol. The van der Waals surface area contributed by atoms with E-state index >= 15 is 0 Å². The first kappa shape index (κ1) is 20.1. The van der Waals surface area contributed by atoms with Crippen molar-refractivity contribution < 1.29 is 23.1 Å². The van der Waals surface area contributed by atoms with E-state index < -0.39 is 17.5 Å². The predicted octanol–water partition coefficient (Wildman–Crippen LogP) is 2.89. The number of alkyl halides is 3. The van der Waals surface area contributed by atoms with Crippen LogP contribution < -0.4 is 5.32 Å². The molecule has 9 heteroatoms. The Kier molecular flexibility index (Phi) is 5.55. The lowest BCUT2D eigenvalue weighted by Crippen LogP contribution is -2.46. The van der Waals surface area contributed by atoms with Crippen LogP contribution in [0.1, 0.15) is 29.7 Å². The number of benzene rings is 1. The maximum atomic E-state index is 12.9. The number of rotatable bonds is 4. The summed E-state index contributed by atoms with van der Waals surface area (Å²) in [6.07, 6.45) is -3.27. The van der Waals surface area contributed by atoms with Crippen molar-refractivity contribution in [1.29, 1.82) is 0 Å². The van der Waals surface area contributed by atoms with Crippen LogP contribution in [0.25, 0.3) is 11.3 Å². The average Bonchev–Trinajstić information content (AvgIpc) is 2.62. The van der Waals surface area contributed by atoms with Crippen molar-refractivity contribution in [2.75, 3.05) is 13.6 Å². The number of amides is 1. The van der Waals surface area contributed by atoms with Crippen LogP contribution in [0.3, 0.4) is 0 Å². The molecule has 2 aromatic rings. The van der Waals surface area contributed by atoms with Crippen molar-refractivity contribution in [1.82, 2.24) is 20.4 Å². The summed E-state index contributed by atoms with van der Waals surface area (Å²) in [5, 5.41) is 21.5. The van der Waals surface area contributed by atoms with Gasteiger partial charge in [0.05, 0.1) is 17.0 Å². The molecule has 1 aliphatic heterocycles. The van der Waals surface area contributed by atoms with E-state index in [9.17, 15) is 23.1 Å². The fraction of sp³-hybridized carbons (Fsp3) is 0.421. The van der Waals surface area contributed by atoms with Gasteiger partial charge in [0.1, 0.15) is 5.75 Å². The van der Waals surface area contributed by atoms with Crippen LogP contribution in [-0.2, 0) is 17.5 Å². The summed E-state index contributed by atoms with van der Waals surface area (Å²) < 4.78 is 38.6. The van der Waals surface area contributed by atoms with Gasteiger partial charge in [-0.15, -0.1) is 0 Å². The Hall–Kier alpha value is -2.68. The molecule has 3 rings (SSSR count). The minimum absolute atomic E-state index is 0.133. The van der Waals surface area contributed by atoms with Gasteiger partial charge < -0.3 is 15.3 Å². The summed E-state index contributed by atoms with van der Waals surface area (Å²) in [7, 11) is 1.77. The Morgan fingerprint density at radius 2 is 2.04 bits per heavy atom. The zero-order valence-corrected chi connectivity index (χ0v) is 15.5. The summed E-state index contributed by atoms with van der Waals surface area (Å²) in [6.45, 7) is 2.57. The summed E-state index contributed by atoms with van der Waals surface area (Å²) in [5.74, 6) is -0.351. The zero-order valence-electron chi connectivity index (χ0n) is 15.5. The van der Waals surface area contributed by atoms with Crippen LogP contribution in [0, 0.1) is 6.92 Å². The molecule has 0 saturated carbocycles. The summed E-state index contributed by atoms with van der Waals surface area (Å²) in [5.41, 5.74) is 0.550. The predicted molar refractivity (Wildman–Crippen MR) is 96.4 cm³/mol. The Labute approximate surface area is 160 Å². The maximum absolute atomic E-state index is 12.9. The third-order valence-electron chi connectivity index (χ3n) is 4.82. The molecule has 6 nitrogen and oxygen atoms in total. The third kappa shape index (κ3) is 4.41. The summed E-state index contributed by atoms with van der Waals surface area (Å²) in [4.78, 5) is 13.2. The number of halogens is 3. The second kappa shape index (κ2) is 7.75. The molecule has 0 unspecified atom stereocenters. The number of phenols is 1. The number of piperidine rings is 1. The van der Waals surface area contributed by atoms with Crippen molar-refractivity contribution in [2.45, 2.75) is 38.5 Å². The molecule has 1 aliphatic rings. The number of nitrogens with zero attached hydrogens (tertiary/aromatic N) is 3. The Bertz CT molecular complexity index is 845. The second-order valence-corrected chi connectivity index (χ2v) is 6.99. The molecule has 2 heterocycles. The number of nitrogens with one attached hydrogen (secondary N) is 1. The van der Waals surface area contributed by atoms with Gasteiger partial charge in [-0.25, -0.2) is 0 Å². The molecule has 1 saturated heterocycles. The Balaban J connectivity index is 1.70. The largest absolute Gasteiger partial charge is 0.507 e. The molecule has 1 amide bonds. The molecule has 0 aliphatic carbocycles. The van der Waals surface area contributed by atoms with Crippen molar-refractivity contribution in [3.8, 4) is 17.0 Å². The van der Waals surface area contributed by atoms with Gasteiger partial charge in [-0.1, -0.05) is 0 Å². The second-order valence-electron chi connectivity index (χ2n) is 6.99. The number of carbonyl (C=O) groups is 1. The first-order valence-corrected chi connectivity index (χ1v) is 8.86. The number of aromatic nitrogens is 2. The van der Waals surface area contributed by atoms with Gasteiger partial charge in [0.2, 0.25) is 5.91 Å². The molecule has 150 valence electrons. The van der Waals surface area contributed by atoms with E-state index in [2.05, 4.69) is 15.5 Å². The van der Waals surface area contributed by atoms with Gasteiger partial charge in [-0.05, 0) is 43.2 Å². The van der Waals surface area contributed by atoms with Crippen LogP contribution in [0.5, 0.6) is 5.75 Å². The number of aryl methyl sites for hydroxylation is 1. The van der Waals surface area contributed by atoms with Gasteiger partial charge in [0, 0.05) is 38.2 Å². The lowest BCUT2D eigenvalue weighted by Gasteiger charge is -2.30. The molecule has 0 bridgehead atoms. The van der Waals surface area contributed by atoms with E-state index in [4.69, 9.17) is 0 Å². The average molecular weight is 394 g/mol. The van der Waals surface area contributed by atoms with Gasteiger partial charge in [-0.2, -0.15) is 23.4 Å². The number of hydrogen-bond donors (Lipinski definition) is 2. The molecule has 0 spiro atoms. The number of likely N-dealkylation sites (N-methyl/N-ethyl adjacent to an activating group) is 1. The summed E-state index contributed by atoms with van der Waals surface area (Å²) in [6, 6.07) is 5.18. The minimum Gasteiger partial charge on any atom is -0.507 e. The Morgan fingerprint density at radius 3 is 2.61 bits per heavy atom. The lowest BCUT2D eigenvalue weighted by atomic mass is 10.0. The molecule has 0 radical (unpaired) electrons. The van der Waals surface area contributed by atoms with Crippen molar-refractivity contribution in [3.05, 3.63) is 41.1 Å². The first-order chi connectivity index (χ1) is 13.1. The molecule has 1 aromatic heterocycles. The lowest BCUT2D eigenvalue weighted by molar-refractivity contribution is -0.137. The first-order valence-electron chi connectivity index (χ1n) is 8.86. The van der Waals surface area contributed by atoms with E-state index in [0.717, 1.165) is 12.5 Å². The topological polar surface area (TPSA) is 78.4 Å². The fourth-order valence-electron chi connectivity index (χ4n) is 3.28. The van der Waals surface area contributed by atoms with E-state index in [1.54, 1.807) is 24.1 Å². The SMILES string of the molecule is Cc1cc(C(F)(F)F)cc(O)c1-c1ccc(CN[C@H]2CCC(=O)N(C)C2)nn1. The number of hydrogen-bond acceptors (Lipinski definition) is 5. The van der Waals surface area contributed by atoms with Crippen molar-refractivity contribution in [2.24, 2.45) is 0 Å². The molecule has 2 N–H and O–H groups in total.